The molecule has 1 N–H and O–H groups in total. The highest BCUT2D eigenvalue weighted by Crippen LogP contribution is 2.24. The van der Waals surface area contributed by atoms with Gasteiger partial charge in [0.2, 0.25) is 4.80 Å². The lowest BCUT2D eigenvalue weighted by atomic mass is 10.1. The average Bonchev–Trinajstić information content (AvgIpc) is 3.43. The van der Waals surface area contributed by atoms with Crippen LogP contribution in [0.1, 0.15) is 10.6 Å². The number of nitrogens with one attached hydrogen (secondary N) is 1. The molecule has 1 amide bonds. The van der Waals surface area contributed by atoms with Gasteiger partial charge in [0, 0.05) is 11.1 Å². The van der Waals surface area contributed by atoms with E-state index < -0.39 is 0 Å². The third-order valence-electron chi connectivity index (χ3n) is 4.14. The molecule has 2 aromatic carbocycles. The van der Waals surface area contributed by atoms with Crippen LogP contribution in [0.25, 0.3) is 16.9 Å². The van der Waals surface area contributed by atoms with Crippen LogP contribution in [-0.4, -0.2) is 26.4 Å². The van der Waals surface area contributed by atoms with Gasteiger partial charge in [-0.25, -0.2) is 5.43 Å². The van der Waals surface area contributed by atoms with E-state index >= 15 is 0 Å². The van der Waals surface area contributed by atoms with E-state index in [0.717, 1.165) is 26.3 Å². The van der Waals surface area contributed by atoms with E-state index in [-0.39, 0.29) is 11.7 Å². The molecular formula is C21H16N6OS3. The highest BCUT2D eigenvalue weighted by atomic mass is 32.2. The number of aryl methyl sites for hydroxylation is 1. The van der Waals surface area contributed by atoms with Gasteiger partial charge in [-0.1, -0.05) is 53.4 Å². The highest BCUT2D eigenvalue weighted by molar-refractivity contribution is 8.01. The van der Waals surface area contributed by atoms with E-state index in [1.165, 1.54) is 34.4 Å². The number of benzene rings is 2. The number of amides is 1. The van der Waals surface area contributed by atoms with Crippen molar-refractivity contribution < 1.29 is 4.79 Å². The molecule has 7 nitrogen and oxygen atoms in total. The first-order valence-electron chi connectivity index (χ1n) is 9.16. The van der Waals surface area contributed by atoms with Crippen molar-refractivity contribution in [1.29, 1.82) is 5.26 Å². The smallest absolute Gasteiger partial charge is 0.250 e. The van der Waals surface area contributed by atoms with Gasteiger partial charge >= 0.3 is 0 Å². The number of hydrogen-bond donors (Lipinski definition) is 1. The van der Waals surface area contributed by atoms with Gasteiger partial charge in [-0.3, -0.25) is 9.36 Å². The Balaban J connectivity index is 1.61. The van der Waals surface area contributed by atoms with Crippen LogP contribution >= 0.6 is 34.4 Å². The van der Waals surface area contributed by atoms with Crippen molar-refractivity contribution in [2.75, 3.05) is 5.75 Å². The average molecular weight is 465 g/mol. The fourth-order valence-corrected chi connectivity index (χ4v) is 5.21. The monoisotopic (exact) mass is 464 g/mol. The lowest BCUT2D eigenvalue weighted by Gasteiger charge is -2.09. The van der Waals surface area contributed by atoms with Crippen LogP contribution < -0.4 is 10.2 Å². The van der Waals surface area contributed by atoms with E-state index in [1.807, 2.05) is 59.3 Å². The third kappa shape index (κ3) is 5.08. The Bertz CT molecular complexity index is 1300. The lowest BCUT2D eigenvalue weighted by Crippen LogP contribution is -2.25. The summed E-state index contributed by atoms with van der Waals surface area (Å²) in [5.41, 5.74) is 6.04. The number of aromatic nitrogens is 3. The van der Waals surface area contributed by atoms with Gasteiger partial charge in [-0.15, -0.1) is 26.6 Å². The van der Waals surface area contributed by atoms with Crippen LogP contribution in [0.3, 0.4) is 0 Å². The minimum absolute atomic E-state index is 0.206. The van der Waals surface area contributed by atoms with Crippen LogP contribution in [0.4, 0.5) is 0 Å². The molecular weight excluding hydrogens is 448 g/mol. The Morgan fingerprint density at radius 3 is 2.65 bits per heavy atom. The summed E-state index contributed by atoms with van der Waals surface area (Å²) in [5.74, 6) is -0.0112. The second-order valence-electron chi connectivity index (χ2n) is 6.29. The Hall–Kier alpha value is -3.26. The number of hydrogen-bond acceptors (Lipinski definition) is 8. The Kier molecular flexibility index (Phi) is 6.57. The summed E-state index contributed by atoms with van der Waals surface area (Å²) in [6.07, 6.45) is 0. The summed E-state index contributed by atoms with van der Waals surface area (Å²) in [6.45, 7) is 1.88. The van der Waals surface area contributed by atoms with Crippen LogP contribution in [0.2, 0.25) is 0 Å². The SMILES string of the molecule is Cc1nnc(SCC(=O)N/N=c2/scc(-c3ccc(C#N)cc3)n2-c2ccccc2)s1. The molecule has 10 heteroatoms. The predicted molar refractivity (Wildman–Crippen MR) is 123 cm³/mol. The number of rotatable bonds is 6. The van der Waals surface area contributed by atoms with Gasteiger partial charge in [0.25, 0.3) is 5.91 Å². The van der Waals surface area contributed by atoms with Crippen LogP contribution in [-0.2, 0) is 4.79 Å². The fourth-order valence-electron chi connectivity index (χ4n) is 2.74. The Labute approximate surface area is 190 Å². The normalized spacial score (nSPS) is 11.3. The first-order valence-corrected chi connectivity index (χ1v) is 11.8. The van der Waals surface area contributed by atoms with E-state index in [1.54, 1.807) is 12.1 Å². The first kappa shape index (κ1) is 21.0. The maximum Gasteiger partial charge on any atom is 0.250 e. The molecule has 31 heavy (non-hydrogen) atoms. The lowest BCUT2D eigenvalue weighted by molar-refractivity contribution is -0.118. The van der Waals surface area contributed by atoms with Gasteiger partial charge in [0.05, 0.1) is 23.1 Å². The molecule has 4 aromatic rings. The van der Waals surface area contributed by atoms with Gasteiger partial charge in [0.15, 0.2) is 4.34 Å². The third-order valence-corrected chi connectivity index (χ3v) is 6.94. The topological polar surface area (TPSA) is 96.0 Å². The molecule has 0 atom stereocenters. The zero-order chi connectivity index (χ0) is 21.6. The number of thioether (sulfide) groups is 1. The quantitative estimate of drug-likeness (QED) is 0.344. The van der Waals surface area contributed by atoms with Crippen LogP contribution in [0.5, 0.6) is 0 Å². The van der Waals surface area contributed by atoms with Crippen LogP contribution in [0, 0.1) is 18.3 Å². The molecule has 0 saturated carbocycles. The molecule has 2 aromatic heterocycles. The van der Waals surface area contributed by atoms with Gasteiger partial charge in [-0.05, 0) is 36.8 Å². The van der Waals surface area contributed by atoms with E-state index in [4.69, 9.17) is 5.26 Å². The Morgan fingerprint density at radius 2 is 1.97 bits per heavy atom. The van der Waals surface area contributed by atoms with Crippen molar-refractivity contribution in [2.24, 2.45) is 5.10 Å². The zero-order valence-corrected chi connectivity index (χ0v) is 18.8. The van der Waals surface area contributed by atoms with Gasteiger partial charge in [0.1, 0.15) is 5.01 Å². The minimum atomic E-state index is -0.217. The molecule has 2 heterocycles. The molecule has 0 aliphatic carbocycles. The van der Waals surface area contributed by atoms with Crippen molar-refractivity contribution in [3.05, 3.63) is 75.3 Å². The molecule has 0 radical (unpaired) electrons. The van der Waals surface area contributed by atoms with Crippen molar-refractivity contribution in [2.45, 2.75) is 11.3 Å². The number of nitriles is 1. The summed E-state index contributed by atoms with van der Waals surface area (Å²) < 4.78 is 2.74. The standard InChI is InChI=1S/C21H16N6OS3/c1-14-23-26-21(31-14)30-13-19(28)24-25-20-27(17-5-3-2-4-6-17)18(12-29-20)16-9-7-15(11-22)8-10-16/h2-10,12H,13H2,1H3,(H,24,28)/b25-20+. The summed E-state index contributed by atoms with van der Waals surface area (Å²) in [6, 6.07) is 19.3. The van der Waals surface area contributed by atoms with E-state index in [0.29, 0.717) is 10.4 Å². The number of carbonyl (C=O) groups is 1. The number of para-hydroxylation sites is 1. The van der Waals surface area contributed by atoms with Crippen molar-refractivity contribution in [3.63, 3.8) is 0 Å². The molecule has 0 spiro atoms. The van der Waals surface area contributed by atoms with E-state index in [9.17, 15) is 4.79 Å². The Morgan fingerprint density at radius 1 is 1.19 bits per heavy atom. The maximum atomic E-state index is 12.3. The van der Waals surface area contributed by atoms with Crippen molar-refractivity contribution in [3.8, 4) is 23.0 Å². The second kappa shape index (κ2) is 9.70. The molecule has 0 aliphatic heterocycles. The van der Waals surface area contributed by atoms with Gasteiger partial charge in [-0.2, -0.15) is 5.26 Å². The largest absolute Gasteiger partial charge is 0.284 e. The maximum absolute atomic E-state index is 12.3. The molecule has 0 saturated heterocycles. The molecule has 0 aliphatic rings. The van der Waals surface area contributed by atoms with E-state index in [2.05, 4.69) is 26.8 Å². The van der Waals surface area contributed by atoms with Crippen molar-refractivity contribution >= 4 is 40.3 Å². The summed E-state index contributed by atoms with van der Waals surface area (Å²) >= 11 is 4.21. The first-order chi connectivity index (χ1) is 15.1. The zero-order valence-electron chi connectivity index (χ0n) is 16.3. The van der Waals surface area contributed by atoms with Crippen LogP contribution in [0.15, 0.2) is 69.4 Å². The fraction of sp³-hybridized carbons (Fsp3) is 0.0952. The number of nitrogens with zero attached hydrogens (tertiary/aromatic N) is 5. The van der Waals surface area contributed by atoms with Gasteiger partial charge < -0.3 is 0 Å². The highest BCUT2D eigenvalue weighted by Gasteiger charge is 2.11. The summed E-state index contributed by atoms with van der Waals surface area (Å²) in [4.78, 5) is 12.9. The summed E-state index contributed by atoms with van der Waals surface area (Å²) in [5, 5.41) is 24.2. The molecule has 0 unspecified atom stereocenters. The number of carbonyl (C=O) groups excluding carboxylic acids is 1. The molecule has 0 fully saturated rings. The minimum Gasteiger partial charge on any atom is -0.284 e. The number of thiazole rings is 1. The summed E-state index contributed by atoms with van der Waals surface area (Å²) in [7, 11) is 0. The second-order valence-corrected chi connectivity index (χ2v) is 9.53. The molecule has 0 bridgehead atoms. The molecule has 4 rings (SSSR count). The molecule has 154 valence electrons. The predicted octanol–water partition coefficient (Wildman–Crippen LogP) is 3.96. The van der Waals surface area contributed by atoms with Crippen molar-refractivity contribution in [1.82, 2.24) is 20.2 Å².